The van der Waals surface area contributed by atoms with Gasteiger partial charge in [-0.25, -0.2) is 0 Å². The average molecular weight is 283 g/mol. The molecule has 0 saturated heterocycles. The molecular weight excluding hydrogens is 266 g/mol. The van der Waals surface area contributed by atoms with Crippen molar-refractivity contribution in [3.05, 3.63) is 65.2 Å². The molecule has 2 aromatic carbocycles. The number of hydrogen-bond donors (Lipinski definition) is 3. The maximum Gasteiger partial charge on any atom is 0.255 e. The highest BCUT2D eigenvalue weighted by atomic mass is 16.2. The minimum Gasteiger partial charge on any atom is -0.366 e. The van der Waals surface area contributed by atoms with Crippen molar-refractivity contribution >= 4 is 17.5 Å². The lowest BCUT2D eigenvalue weighted by Gasteiger charge is -2.09. The number of primary amides is 1. The third kappa shape index (κ3) is 3.67. The summed E-state index contributed by atoms with van der Waals surface area (Å²) in [5, 5.41) is 2.79. The Morgan fingerprint density at radius 1 is 1.00 bits per heavy atom. The highest BCUT2D eigenvalue weighted by Crippen LogP contribution is 2.14. The first-order chi connectivity index (χ1) is 10.1. The van der Waals surface area contributed by atoms with Crippen molar-refractivity contribution in [3.8, 4) is 0 Å². The van der Waals surface area contributed by atoms with Crippen LogP contribution in [0.25, 0.3) is 0 Å². The highest BCUT2D eigenvalue weighted by Gasteiger charge is 2.10. The molecule has 0 unspecified atom stereocenters. The van der Waals surface area contributed by atoms with E-state index in [1.807, 2.05) is 18.2 Å². The zero-order chi connectivity index (χ0) is 15.2. The van der Waals surface area contributed by atoms with Crippen molar-refractivity contribution in [2.75, 3.05) is 11.9 Å². The molecule has 2 amide bonds. The molecule has 21 heavy (non-hydrogen) atoms. The van der Waals surface area contributed by atoms with Crippen LogP contribution in [0.5, 0.6) is 0 Å². The minimum atomic E-state index is -0.499. The summed E-state index contributed by atoms with van der Waals surface area (Å²) in [5.41, 5.74) is 13.2. The second-order valence-corrected chi connectivity index (χ2v) is 4.59. The summed E-state index contributed by atoms with van der Waals surface area (Å²) in [7, 11) is 0. The fraction of sp³-hybridized carbons (Fsp3) is 0.125. The van der Waals surface area contributed by atoms with Gasteiger partial charge in [0.05, 0.1) is 0 Å². The van der Waals surface area contributed by atoms with Crippen LogP contribution >= 0.6 is 0 Å². The van der Waals surface area contributed by atoms with Crippen LogP contribution in [-0.2, 0) is 6.42 Å². The minimum absolute atomic E-state index is 0.203. The molecular formula is C16H17N3O2. The zero-order valence-corrected chi connectivity index (χ0v) is 11.5. The first-order valence-corrected chi connectivity index (χ1v) is 6.61. The number of hydrogen-bond acceptors (Lipinski definition) is 3. The molecule has 5 N–H and O–H groups in total. The van der Waals surface area contributed by atoms with E-state index in [0.29, 0.717) is 29.8 Å². The van der Waals surface area contributed by atoms with E-state index in [9.17, 15) is 9.59 Å². The number of nitrogens with one attached hydrogen (secondary N) is 1. The highest BCUT2D eigenvalue weighted by molar-refractivity contribution is 6.05. The molecule has 5 heteroatoms. The molecule has 2 rings (SSSR count). The van der Waals surface area contributed by atoms with E-state index in [4.69, 9.17) is 11.5 Å². The van der Waals surface area contributed by atoms with Crippen LogP contribution in [0.15, 0.2) is 48.5 Å². The Bertz CT molecular complexity index is 651. The molecule has 108 valence electrons. The lowest BCUT2D eigenvalue weighted by molar-refractivity contribution is 0.0998. The monoisotopic (exact) mass is 283 g/mol. The Morgan fingerprint density at radius 2 is 1.67 bits per heavy atom. The number of carbonyl (C=O) groups excluding carboxylic acids is 2. The van der Waals surface area contributed by atoms with Crippen LogP contribution in [0.2, 0.25) is 0 Å². The molecule has 0 radical (unpaired) electrons. The number of anilines is 1. The SMILES string of the molecule is NCCc1ccccc1C(=O)Nc1ccc(C(N)=O)cc1. The molecule has 0 saturated carbocycles. The molecule has 5 nitrogen and oxygen atoms in total. The Labute approximate surface area is 123 Å². The van der Waals surface area contributed by atoms with Gasteiger partial charge in [0.15, 0.2) is 0 Å². The molecule has 2 aromatic rings. The van der Waals surface area contributed by atoms with Crippen molar-refractivity contribution in [3.63, 3.8) is 0 Å². The summed E-state index contributed by atoms with van der Waals surface area (Å²) >= 11 is 0. The fourth-order valence-electron chi connectivity index (χ4n) is 2.03. The van der Waals surface area contributed by atoms with Gasteiger partial charge in [0.25, 0.3) is 5.91 Å². The topological polar surface area (TPSA) is 98.2 Å². The van der Waals surface area contributed by atoms with Gasteiger partial charge in [-0.2, -0.15) is 0 Å². The van der Waals surface area contributed by atoms with Crippen molar-refractivity contribution in [2.24, 2.45) is 11.5 Å². The lowest BCUT2D eigenvalue weighted by atomic mass is 10.0. The molecule has 0 atom stereocenters. The summed E-state index contributed by atoms with van der Waals surface area (Å²) in [6.45, 7) is 0.484. The van der Waals surface area contributed by atoms with Crippen molar-refractivity contribution < 1.29 is 9.59 Å². The third-order valence-corrected chi connectivity index (χ3v) is 3.10. The molecule has 0 aromatic heterocycles. The Hall–Kier alpha value is -2.66. The lowest BCUT2D eigenvalue weighted by Crippen LogP contribution is -2.16. The van der Waals surface area contributed by atoms with Gasteiger partial charge in [-0.1, -0.05) is 18.2 Å². The molecule has 0 fully saturated rings. The quantitative estimate of drug-likeness (QED) is 0.776. The van der Waals surface area contributed by atoms with Gasteiger partial charge in [0.1, 0.15) is 0 Å². The van der Waals surface area contributed by atoms with Crippen LogP contribution in [0.4, 0.5) is 5.69 Å². The predicted molar refractivity (Wildman–Crippen MR) is 82.1 cm³/mol. The summed E-state index contributed by atoms with van der Waals surface area (Å²) in [6, 6.07) is 13.8. The average Bonchev–Trinajstić information content (AvgIpc) is 2.48. The predicted octanol–water partition coefficient (Wildman–Crippen LogP) is 1.54. The number of nitrogens with two attached hydrogens (primary N) is 2. The normalized spacial score (nSPS) is 10.1. The van der Waals surface area contributed by atoms with E-state index in [0.717, 1.165) is 5.56 Å². The van der Waals surface area contributed by atoms with Crippen molar-refractivity contribution in [1.29, 1.82) is 0 Å². The van der Waals surface area contributed by atoms with Crippen LogP contribution in [0.1, 0.15) is 26.3 Å². The third-order valence-electron chi connectivity index (χ3n) is 3.10. The summed E-state index contributed by atoms with van der Waals surface area (Å²) in [6.07, 6.45) is 0.643. The Balaban J connectivity index is 2.16. The second-order valence-electron chi connectivity index (χ2n) is 4.59. The van der Waals surface area contributed by atoms with E-state index in [1.165, 1.54) is 0 Å². The van der Waals surface area contributed by atoms with Crippen LogP contribution in [0, 0.1) is 0 Å². The van der Waals surface area contributed by atoms with Gasteiger partial charge in [0.2, 0.25) is 5.91 Å². The van der Waals surface area contributed by atoms with Gasteiger partial charge in [-0.05, 0) is 48.9 Å². The van der Waals surface area contributed by atoms with Crippen molar-refractivity contribution in [2.45, 2.75) is 6.42 Å². The number of amides is 2. The maximum absolute atomic E-state index is 12.3. The van der Waals surface area contributed by atoms with Gasteiger partial charge in [-0.15, -0.1) is 0 Å². The van der Waals surface area contributed by atoms with E-state index in [1.54, 1.807) is 30.3 Å². The van der Waals surface area contributed by atoms with E-state index in [2.05, 4.69) is 5.32 Å². The van der Waals surface area contributed by atoms with Crippen molar-refractivity contribution in [1.82, 2.24) is 0 Å². The van der Waals surface area contributed by atoms with Crippen LogP contribution in [0.3, 0.4) is 0 Å². The van der Waals surface area contributed by atoms with Gasteiger partial charge >= 0.3 is 0 Å². The largest absolute Gasteiger partial charge is 0.366 e. The summed E-state index contributed by atoms with van der Waals surface area (Å²) in [4.78, 5) is 23.3. The molecule has 0 aliphatic carbocycles. The first-order valence-electron chi connectivity index (χ1n) is 6.61. The smallest absolute Gasteiger partial charge is 0.255 e. The summed E-state index contributed by atoms with van der Waals surface area (Å²) in [5.74, 6) is -0.702. The Morgan fingerprint density at radius 3 is 2.29 bits per heavy atom. The molecule has 0 bridgehead atoms. The molecule has 0 aliphatic rings. The zero-order valence-electron chi connectivity index (χ0n) is 11.5. The Kier molecular flexibility index (Phi) is 4.68. The number of carbonyl (C=O) groups is 2. The maximum atomic E-state index is 12.3. The van der Waals surface area contributed by atoms with E-state index < -0.39 is 5.91 Å². The van der Waals surface area contributed by atoms with Gasteiger partial charge in [-0.3, -0.25) is 9.59 Å². The molecule has 0 heterocycles. The van der Waals surface area contributed by atoms with E-state index in [-0.39, 0.29) is 5.91 Å². The fourth-order valence-corrected chi connectivity index (χ4v) is 2.03. The number of benzene rings is 2. The number of rotatable bonds is 5. The summed E-state index contributed by atoms with van der Waals surface area (Å²) < 4.78 is 0. The molecule has 0 aliphatic heterocycles. The van der Waals surface area contributed by atoms with Crippen LogP contribution < -0.4 is 16.8 Å². The van der Waals surface area contributed by atoms with Gasteiger partial charge in [0, 0.05) is 16.8 Å². The molecule has 0 spiro atoms. The van der Waals surface area contributed by atoms with E-state index >= 15 is 0 Å². The standard InChI is InChI=1S/C16H17N3O2/c17-10-9-11-3-1-2-4-14(11)16(21)19-13-7-5-12(6-8-13)15(18)20/h1-8H,9-10,17H2,(H2,18,20)(H,19,21). The first kappa shape index (κ1) is 14.7. The van der Waals surface area contributed by atoms with Gasteiger partial charge < -0.3 is 16.8 Å². The second kappa shape index (κ2) is 6.67. The van der Waals surface area contributed by atoms with Crippen LogP contribution in [-0.4, -0.2) is 18.4 Å².